The van der Waals surface area contributed by atoms with Crippen molar-refractivity contribution in [1.29, 1.82) is 0 Å². The molecule has 1 nitrogen and oxygen atoms in total. The van der Waals surface area contributed by atoms with Gasteiger partial charge in [-0.25, -0.2) is 12.1 Å². The van der Waals surface area contributed by atoms with Gasteiger partial charge >= 0.3 is 21.1 Å². The molecule has 0 aromatic heterocycles. The van der Waals surface area contributed by atoms with Crippen LogP contribution in [0.25, 0.3) is 0 Å². The van der Waals surface area contributed by atoms with Crippen LogP contribution in [-0.2, 0) is 21.1 Å². The fourth-order valence-corrected chi connectivity index (χ4v) is 0.492. The zero-order valence-corrected chi connectivity index (χ0v) is 9.81. The minimum absolute atomic E-state index is 0. The average Bonchev–Trinajstić information content (AvgIpc) is 2.14. The van der Waals surface area contributed by atoms with Gasteiger partial charge in [0.2, 0.25) is 0 Å². The van der Waals surface area contributed by atoms with E-state index in [0.717, 1.165) is 5.75 Å². The maximum absolute atomic E-state index is 4.85. The second kappa shape index (κ2) is 12.5. The van der Waals surface area contributed by atoms with Gasteiger partial charge in [0.15, 0.2) is 0 Å². The Morgan fingerprint density at radius 2 is 1.36 bits per heavy atom. The maximum atomic E-state index is 4.85. The third kappa shape index (κ3) is 7.74. The second-order valence-corrected chi connectivity index (χ2v) is 1.32. The van der Waals surface area contributed by atoms with Crippen LogP contribution in [0.2, 0.25) is 0 Å². The zero-order chi connectivity index (χ0) is 5.11. The van der Waals surface area contributed by atoms with Gasteiger partial charge in [0.1, 0.15) is 0 Å². The molecule has 0 aliphatic carbocycles. The average molecular weight is 335 g/mol. The van der Waals surface area contributed by atoms with Crippen LogP contribution in [0.3, 0.4) is 0 Å². The Labute approximate surface area is 85.4 Å². The van der Waals surface area contributed by atoms with E-state index in [0.29, 0.717) is 0 Å². The summed E-state index contributed by atoms with van der Waals surface area (Å²) < 4.78 is 4.85. The number of hydrogen-bond acceptors (Lipinski definition) is 1. The van der Waals surface area contributed by atoms with Crippen LogP contribution in [0, 0.1) is 22.3 Å². The summed E-state index contributed by atoms with van der Waals surface area (Å²) in [6.07, 6.45) is 0. The van der Waals surface area contributed by atoms with Crippen LogP contribution in [0.5, 0.6) is 5.75 Å². The molecular formula is C9H16OPt. The summed E-state index contributed by atoms with van der Waals surface area (Å²) in [6, 6.07) is 7.72. The molecule has 0 heterocycles. The Hall–Kier alpha value is -0.162. The van der Waals surface area contributed by atoms with Crippen molar-refractivity contribution in [2.45, 2.75) is 0 Å². The first-order valence-corrected chi connectivity index (χ1v) is 2.19. The molecule has 0 saturated carbocycles. The van der Waals surface area contributed by atoms with Crippen molar-refractivity contribution in [3.05, 3.63) is 46.5 Å². The number of rotatable bonds is 1. The first-order chi connectivity index (χ1) is 3.43. The van der Waals surface area contributed by atoms with Crippen LogP contribution in [-0.4, -0.2) is 7.11 Å². The fraction of sp³-hybridized carbons (Fsp3) is 0.111. The molecule has 0 aliphatic heterocycles. The minimum Gasteiger partial charge on any atom is -0.554 e. The maximum Gasteiger partial charge on any atom is 4.00 e. The van der Waals surface area contributed by atoms with E-state index in [4.69, 9.17) is 4.74 Å². The van der Waals surface area contributed by atoms with E-state index in [9.17, 15) is 0 Å². The van der Waals surface area contributed by atoms with E-state index in [1.165, 1.54) is 0 Å². The summed E-state index contributed by atoms with van der Waals surface area (Å²) in [5, 5.41) is 0. The summed E-state index contributed by atoms with van der Waals surface area (Å²) in [6.45, 7) is 0. The van der Waals surface area contributed by atoms with E-state index >= 15 is 0 Å². The Kier molecular flexibility index (Phi) is 25.5. The third-order valence-corrected chi connectivity index (χ3v) is 0.868. The molecule has 0 atom stereocenters. The van der Waals surface area contributed by atoms with Gasteiger partial charge in [-0.1, -0.05) is 0 Å². The molecule has 0 aliphatic rings. The smallest absolute Gasteiger partial charge is 0.554 e. The molecular weight excluding hydrogens is 319 g/mol. The van der Waals surface area contributed by atoms with Gasteiger partial charge in [-0.05, 0) is 0 Å². The monoisotopic (exact) mass is 335 g/mol. The molecule has 0 unspecified atom stereocenters. The fourth-order valence-electron chi connectivity index (χ4n) is 0.492. The van der Waals surface area contributed by atoms with Crippen molar-refractivity contribution >= 4 is 0 Å². The molecule has 2 heteroatoms. The van der Waals surface area contributed by atoms with E-state index in [2.05, 4.69) is 0 Å². The standard InChI is InChI=1S/C6H7O.3CH3.Pt/c1-7-6-4-2-3-5-6;;;;/h2-5H,1H3;3*1H3;/q4*-1;+4. The Bertz CT molecular complexity index is 124. The van der Waals surface area contributed by atoms with Crippen LogP contribution in [0.15, 0.2) is 24.3 Å². The van der Waals surface area contributed by atoms with Gasteiger partial charge in [0.05, 0.1) is 7.11 Å². The van der Waals surface area contributed by atoms with Gasteiger partial charge in [-0.3, -0.25) is 0 Å². The first-order valence-electron chi connectivity index (χ1n) is 2.19. The van der Waals surface area contributed by atoms with Crippen molar-refractivity contribution in [1.82, 2.24) is 0 Å². The SMILES string of the molecule is CO[c-]1cccc1.[CH3-].[CH3-].[CH3-].[Pt+4]. The largest absolute Gasteiger partial charge is 4.00 e. The molecule has 0 saturated heterocycles. The second-order valence-electron chi connectivity index (χ2n) is 1.32. The topological polar surface area (TPSA) is 9.23 Å². The molecule has 0 bridgehead atoms. The summed E-state index contributed by atoms with van der Waals surface area (Å²) in [4.78, 5) is 0. The van der Waals surface area contributed by atoms with Crippen molar-refractivity contribution in [2.24, 2.45) is 0 Å². The molecule has 0 N–H and O–H groups in total. The van der Waals surface area contributed by atoms with E-state index in [-0.39, 0.29) is 43.3 Å². The predicted molar refractivity (Wildman–Crippen MR) is 47.8 cm³/mol. The molecule has 0 fully saturated rings. The third-order valence-electron chi connectivity index (χ3n) is 0.868. The summed E-state index contributed by atoms with van der Waals surface area (Å²) >= 11 is 0. The van der Waals surface area contributed by atoms with Crippen molar-refractivity contribution in [3.8, 4) is 5.75 Å². The normalized spacial score (nSPS) is 5.55. The van der Waals surface area contributed by atoms with Gasteiger partial charge in [0.25, 0.3) is 0 Å². The minimum atomic E-state index is 0. The van der Waals surface area contributed by atoms with Gasteiger partial charge in [-0.15, -0.1) is 12.1 Å². The van der Waals surface area contributed by atoms with E-state index < -0.39 is 0 Å². The van der Waals surface area contributed by atoms with E-state index in [1.807, 2.05) is 24.3 Å². The van der Waals surface area contributed by atoms with Crippen molar-refractivity contribution in [2.75, 3.05) is 7.11 Å². The zero-order valence-electron chi connectivity index (χ0n) is 7.53. The number of methoxy groups -OCH3 is 1. The van der Waals surface area contributed by atoms with Crippen LogP contribution < -0.4 is 4.74 Å². The van der Waals surface area contributed by atoms with Crippen molar-refractivity contribution < 1.29 is 25.8 Å². The van der Waals surface area contributed by atoms with Crippen LogP contribution >= 0.6 is 0 Å². The Morgan fingerprint density at radius 3 is 1.55 bits per heavy atom. The molecule has 1 rings (SSSR count). The molecule has 1 aromatic rings. The first kappa shape index (κ1) is 22.4. The molecule has 11 heavy (non-hydrogen) atoms. The number of hydrogen-bond donors (Lipinski definition) is 0. The Balaban J connectivity index is -0.0000000612. The summed E-state index contributed by atoms with van der Waals surface area (Å²) in [5.74, 6) is 0.931. The van der Waals surface area contributed by atoms with Crippen molar-refractivity contribution in [3.63, 3.8) is 0 Å². The molecule has 0 spiro atoms. The predicted octanol–water partition coefficient (Wildman–Crippen LogP) is 2.76. The molecule has 0 radical (unpaired) electrons. The van der Waals surface area contributed by atoms with Gasteiger partial charge < -0.3 is 27.0 Å². The van der Waals surface area contributed by atoms with Crippen LogP contribution in [0.1, 0.15) is 0 Å². The Morgan fingerprint density at radius 1 is 1.00 bits per heavy atom. The summed E-state index contributed by atoms with van der Waals surface area (Å²) in [7, 11) is 1.66. The molecule has 68 valence electrons. The number of ether oxygens (including phenoxy) is 1. The van der Waals surface area contributed by atoms with Crippen LogP contribution in [0.4, 0.5) is 0 Å². The van der Waals surface area contributed by atoms with Gasteiger partial charge in [-0.2, -0.15) is 0 Å². The summed E-state index contributed by atoms with van der Waals surface area (Å²) in [5.41, 5.74) is 0. The van der Waals surface area contributed by atoms with Gasteiger partial charge in [0, 0.05) is 5.75 Å². The molecule has 0 amide bonds. The van der Waals surface area contributed by atoms with E-state index in [1.54, 1.807) is 7.11 Å². The quantitative estimate of drug-likeness (QED) is 0.717. The molecule has 1 aromatic carbocycles.